The summed E-state index contributed by atoms with van der Waals surface area (Å²) in [4.78, 5) is 9.75. The Kier molecular flexibility index (Phi) is 9.77. The Morgan fingerprint density at radius 1 is 1.20 bits per heavy atom. The lowest BCUT2D eigenvalue weighted by Crippen LogP contribution is -2.13. The van der Waals surface area contributed by atoms with E-state index in [9.17, 15) is 4.79 Å². The Balaban J connectivity index is 3.34. The van der Waals surface area contributed by atoms with Crippen LogP contribution in [0.5, 0.6) is 0 Å². The zero-order valence-corrected chi connectivity index (χ0v) is 11.1. The number of ether oxygens (including phenoxy) is 1. The minimum Gasteiger partial charge on any atom is -0.464 e. The highest BCUT2D eigenvalue weighted by Crippen LogP contribution is 2.13. The lowest BCUT2D eigenvalue weighted by molar-refractivity contribution is -0.141. The number of halogens is 3. The molecule has 1 atom stereocenters. The van der Waals surface area contributed by atoms with Gasteiger partial charge >= 0.3 is 5.97 Å². The SMILES string of the molecule is CCCCC(Cl)CCCOC(=O)C(Cl)Cl. The van der Waals surface area contributed by atoms with Crippen LogP contribution < -0.4 is 0 Å². The fraction of sp³-hybridized carbons (Fsp3) is 0.900. The molecule has 0 heterocycles. The van der Waals surface area contributed by atoms with E-state index in [1.165, 1.54) is 0 Å². The molecule has 0 aliphatic carbocycles. The number of unbranched alkanes of at least 4 members (excludes halogenated alkanes) is 1. The molecule has 0 radical (unpaired) electrons. The second-order valence-corrected chi connectivity index (χ2v) is 5.06. The van der Waals surface area contributed by atoms with Gasteiger partial charge in [-0.15, -0.1) is 11.6 Å². The number of hydrogen-bond acceptors (Lipinski definition) is 2. The summed E-state index contributed by atoms with van der Waals surface area (Å²) in [6.07, 6.45) is 4.91. The first kappa shape index (κ1) is 15.3. The van der Waals surface area contributed by atoms with Gasteiger partial charge in [0.1, 0.15) is 0 Å². The third kappa shape index (κ3) is 9.28. The van der Waals surface area contributed by atoms with Crippen LogP contribution in [0, 0.1) is 0 Å². The number of carbonyl (C=O) groups excluding carboxylic acids is 1. The zero-order chi connectivity index (χ0) is 11.7. The Bertz CT molecular complexity index is 174. The molecule has 0 N–H and O–H groups in total. The van der Waals surface area contributed by atoms with Gasteiger partial charge in [0, 0.05) is 5.38 Å². The Morgan fingerprint density at radius 3 is 2.33 bits per heavy atom. The van der Waals surface area contributed by atoms with E-state index in [0.29, 0.717) is 6.61 Å². The van der Waals surface area contributed by atoms with Crippen molar-refractivity contribution in [2.75, 3.05) is 6.61 Å². The van der Waals surface area contributed by atoms with Crippen molar-refractivity contribution in [3.63, 3.8) is 0 Å². The summed E-state index contributed by atoms with van der Waals surface area (Å²) in [6.45, 7) is 2.47. The van der Waals surface area contributed by atoms with E-state index in [-0.39, 0.29) is 5.38 Å². The standard InChI is InChI=1S/C10H17Cl3O2/c1-2-3-5-8(11)6-4-7-15-10(14)9(12)13/h8-9H,2-7H2,1H3. The zero-order valence-electron chi connectivity index (χ0n) is 8.85. The summed E-state index contributed by atoms with van der Waals surface area (Å²) >= 11 is 16.7. The molecule has 2 nitrogen and oxygen atoms in total. The topological polar surface area (TPSA) is 26.3 Å². The van der Waals surface area contributed by atoms with Crippen LogP contribution in [0.2, 0.25) is 0 Å². The van der Waals surface area contributed by atoms with E-state index < -0.39 is 10.8 Å². The summed E-state index contributed by atoms with van der Waals surface area (Å²) < 4.78 is 4.80. The highest BCUT2D eigenvalue weighted by molar-refractivity contribution is 6.52. The van der Waals surface area contributed by atoms with Gasteiger partial charge in [-0.1, -0.05) is 43.0 Å². The second kappa shape index (κ2) is 9.56. The van der Waals surface area contributed by atoms with Crippen molar-refractivity contribution < 1.29 is 9.53 Å². The van der Waals surface area contributed by atoms with Crippen molar-refractivity contribution in [1.82, 2.24) is 0 Å². The van der Waals surface area contributed by atoms with E-state index in [2.05, 4.69) is 6.92 Å². The summed E-state index contributed by atoms with van der Waals surface area (Å²) in [7, 11) is 0. The molecule has 0 aromatic heterocycles. The van der Waals surface area contributed by atoms with Gasteiger partial charge in [-0.2, -0.15) is 0 Å². The van der Waals surface area contributed by atoms with E-state index in [0.717, 1.165) is 32.1 Å². The van der Waals surface area contributed by atoms with Crippen LogP contribution in [0.1, 0.15) is 39.0 Å². The molecule has 90 valence electrons. The first-order chi connectivity index (χ1) is 7.07. The van der Waals surface area contributed by atoms with Gasteiger partial charge in [0.15, 0.2) is 0 Å². The first-order valence-electron chi connectivity index (χ1n) is 5.16. The van der Waals surface area contributed by atoms with Gasteiger partial charge in [0.2, 0.25) is 4.84 Å². The lowest BCUT2D eigenvalue weighted by Gasteiger charge is -2.09. The van der Waals surface area contributed by atoms with Crippen LogP contribution >= 0.6 is 34.8 Å². The summed E-state index contributed by atoms with van der Waals surface area (Å²) in [6, 6.07) is 0. The van der Waals surface area contributed by atoms with Crippen molar-refractivity contribution in [1.29, 1.82) is 0 Å². The van der Waals surface area contributed by atoms with Crippen molar-refractivity contribution in [3.8, 4) is 0 Å². The van der Waals surface area contributed by atoms with Crippen LogP contribution in [-0.4, -0.2) is 22.8 Å². The van der Waals surface area contributed by atoms with Gasteiger partial charge in [-0.05, 0) is 19.3 Å². The number of carbonyl (C=O) groups is 1. The maximum Gasteiger partial charge on any atom is 0.339 e. The molecule has 0 aliphatic heterocycles. The molecule has 0 aromatic rings. The molecule has 0 saturated heterocycles. The van der Waals surface area contributed by atoms with Crippen LogP contribution in [0.25, 0.3) is 0 Å². The number of esters is 1. The predicted octanol–water partition coefficient (Wildman–Crippen LogP) is 3.91. The number of rotatable bonds is 8. The van der Waals surface area contributed by atoms with Crippen LogP contribution in [0.4, 0.5) is 0 Å². The molecular weight excluding hydrogens is 258 g/mol. The molecule has 0 saturated carbocycles. The fourth-order valence-electron chi connectivity index (χ4n) is 1.11. The molecular formula is C10H17Cl3O2. The quantitative estimate of drug-likeness (QED) is 0.381. The Labute approximate surface area is 106 Å². The molecule has 0 amide bonds. The third-order valence-corrected chi connectivity index (χ3v) is 2.75. The summed E-state index contributed by atoms with van der Waals surface area (Å²) in [5.41, 5.74) is 0. The number of alkyl halides is 3. The number of hydrogen-bond donors (Lipinski definition) is 0. The normalized spacial score (nSPS) is 12.9. The van der Waals surface area contributed by atoms with Gasteiger partial charge in [0.05, 0.1) is 6.61 Å². The maximum absolute atomic E-state index is 10.8. The monoisotopic (exact) mass is 274 g/mol. The molecule has 0 fully saturated rings. The van der Waals surface area contributed by atoms with Crippen molar-refractivity contribution >= 4 is 40.8 Å². The van der Waals surface area contributed by atoms with Crippen LogP contribution in [0.3, 0.4) is 0 Å². The molecule has 0 aliphatic rings. The van der Waals surface area contributed by atoms with Gasteiger partial charge in [-0.25, -0.2) is 4.79 Å². The lowest BCUT2D eigenvalue weighted by atomic mass is 10.1. The molecule has 1 unspecified atom stereocenters. The third-order valence-electron chi connectivity index (χ3n) is 1.96. The van der Waals surface area contributed by atoms with Gasteiger partial charge < -0.3 is 4.74 Å². The van der Waals surface area contributed by atoms with Gasteiger partial charge in [-0.3, -0.25) is 0 Å². The molecule has 0 spiro atoms. The van der Waals surface area contributed by atoms with E-state index in [1.807, 2.05) is 0 Å². The predicted molar refractivity (Wildman–Crippen MR) is 64.9 cm³/mol. The summed E-state index contributed by atoms with van der Waals surface area (Å²) in [5, 5.41) is 0.173. The highest BCUT2D eigenvalue weighted by atomic mass is 35.5. The Hall–Kier alpha value is 0.340. The average molecular weight is 276 g/mol. The maximum atomic E-state index is 10.8. The molecule has 15 heavy (non-hydrogen) atoms. The van der Waals surface area contributed by atoms with E-state index in [1.54, 1.807) is 0 Å². The van der Waals surface area contributed by atoms with Crippen molar-refractivity contribution in [2.24, 2.45) is 0 Å². The van der Waals surface area contributed by atoms with Crippen LogP contribution in [0.15, 0.2) is 0 Å². The largest absolute Gasteiger partial charge is 0.464 e. The molecule has 5 heteroatoms. The Morgan fingerprint density at radius 2 is 1.80 bits per heavy atom. The minimum atomic E-state index is -1.09. The van der Waals surface area contributed by atoms with Crippen LogP contribution in [-0.2, 0) is 9.53 Å². The minimum absolute atomic E-state index is 0.173. The fourth-order valence-corrected chi connectivity index (χ4v) is 1.55. The summed E-state index contributed by atoms with van der Waals surface area (Å²) in [5.74, 6) is -0.585. The average Bonchev–Trinajstić information content (AvgIpc) is 2.20. The molecule has 0 aromatic carbocycles. The molecule has 0 rings (SSSR count). The van der Waals surface area contributed by atoms with Crippen molar-refractivity contribution in [3.05, 3.63) is 0 Å². The van der Waals surface area contributed by atoms with Gasteiger partial charge in [0.25, 0.3) is 0 Å². The van der Waals surface area contributed by atoms with E-state index >= 15 is 0 Å². The smallest absolute Gasteiger partial charge is 0.339 e. The molecule has 0 bridgehead atoms. The highest BCUT2D eigenvalue weighted by Gasteiger charge is 2.12. The second-order valence-electron chi connectivity index (χ2n) is 3.35. The first-order valence-corrected chi connectivity index (χ1v) is 6.47. The van der Waals surface area contributed by atoms with Crippen molar-refractivity contribution in [2.45, 2.75) is 49.2 Å². The van der Waals surface area contributed by atoms with E-state index in [4.69, 9.17) is 39.5 Å².